The van der Waals surface area contributed by atoms with Crippen molar-refractivity contribution in [1.82, 2.24) is 14.7 Å². The van der Waals surface area contributed by atoms with Crippen LogP contribution in [0.5, 0.6) is 5.75 Å². The second-order valence-electron chi connectivity index (χ2n) is 7.77. The Labute approximate surface area is 213 Å². The summed E-state index contributed by atoms with van der Waals surface area (Å²) in [7, 11) is 1.50. The Morgan fingerprint density at radius 3 is 2.70 bits per heavy atom. The molecule has 11 nitrogen and oxygen atoms in total. The van der Waals surface area contributed by atoms with Crippen LogP contribution in [0, 0.1) is 5.82 Å². The van der Waals surface area contributed by atoms with Crippen LogP contribution in [0.4, 0.5) is 10.1 Å². The van der Waals surface area contributed by atoms with Crippen molar-refractivity contribution in [3.05, 3.63) is 65.8 Å². The largest absolute Gasteiger partial charge is 0.483 e. The SMILES string of the molecule is CN.NC(=O)c1nn(C2=CC=C(c3cc(F)ccc3OCC(=O)N3CCOCC3)C=CC2)cc1NC=O. The Bertz CT molecular complexity index is 1230. The van der Waals surface area contributed by atoms with Gasteiger partial charge < -0.3 is 31.2 Å². The number of benzene rings is 1. The third kappa shape index (κ3) is 6.90. The predicted molar refractivity (Wildman–Crippen MR) is 136 cm³/mol. The minimum Gasteiger partial charge on any atom is -0.483 e. The van der Waals surface area contributed by atoms with E-state index in [2.05, 4.69) is 16.1 Å². The number of anilines is 1. The lowest BCUT2D eigenvalue weighted by atomic mass is 10.0. The Balaban J connectivity index is 0.00000186. The highest BCUT2D eigenvalue weighted by atomic mass is 19.1. The van der Waals surface area contributed by atoms with Crippen LogP contribution in [0.1, 0.15) is 22.5 Å². The van der Waals surface area contributed by atoms with Gasteiger partial charge in [0.25, 0.3) is 11.8 Å². The standard InChI is InChI=1S/C24H24FN5O5.CH5N/c25-17-5-7-21(35-14-22(32)29-8-10-34-11-9-29)19(12-17)16-2-1-3-18(6-4-16)30-13-20(27-15-31)23(28-30)24(26)33;1-2/h1-2,4-7,12-13,15H,3,8-11,14H2,(H2,26,33)(H,27,31);2H2,1H3. The summed E-state index contributed by atoms with van der Waals surface area (Å²) in [6.45, 7) is 1.82. The number of rotatable bonds is 8. The molecule has 0 spiro atoms. The molecule has 12 heteroatoms. The number of aromatic nitrogens is 2. The van der Waals surface area contributed by atoms with E-state index in [1.54, 1.807) is 23.1 Å². The average molecular weight is 513 g/mol. The topological polar surface area (TPSA) is 155 Å². The van der Waals surface area contributed by atoms with Gasteiger partial charge in [0.1, 0.15) is 11.6 Å². The summed E-state index contributed by atoms with van der Waals surface area (Å²) >= 11 is 0. The number of nitrogens with two attached hydrogens (primary N) is 2. The molecule has 1 saturated heterocycles. The molecule has 2 aliphatic rings. The van der Waals surface area contributed by atoms with Crippen molar-refractivity contribution >= 4 is 35.2 Å². The second-order valence-corrected chi connectivity index (χ2v) is 7.77. The number of hydrogen-bond donors (Lipinski definition) is 3. The van der Waals surface area contributed by atoms with Crippen molar-refractivity contribution in [2.24, 2.45) is 11.5 Å². The van der Waals surface area contributed by atoms with Gasteiger partial charge in [0.05, 0.1) is 25.1 Å². The first-order valence-electron chi connectivity index (χ1n) is 11.5. The summed E-state index contributed by atoms with van der Waals surface area (Å²) in [5.74, 6) is -1.02. The molecule has 3 amide bonds. The molecule has 0 bridgehead atoms. The van der Waals surface area contributed by atoms with E-state index in [1.807, 2.05) is 6.08 Å². The number of morpholine rings is 1. The molecule has 1 aromatic carbocycles. The third-order valence-corrected chi connectivity index (χ3v) is 5.50. The first kappa shape index (κ1) is 27.3. The molecule has 0 unspecified atom stereocenters. The lowest BCUT2D eigenvalue weighted by molar-refractivity contribution is -0.137. The van der Waals surface area contributed by atoms with Crippen LogP contribution < -0.4 is 21.5 Å². The van der Waals surface area contributed by atoms with Gasteiger partial charge in [-0.05, 0) is 36.9 Å². The van der Waals surface area contributed by atoms with Crippen LogP contribution in [0.25, 0.3) is 11.3 Å². The number of carbonyl (C=O) groups excluding carboxylic acids is 3. The quantitative estimate of drug-likeness (QED) is 0.452. The highest BCUT2D eigenvalue weighted by Crippen LogP contribution is 2.31. The molecule has 5 N–H and O–H groups in total. The average Bonchev–Trinajstić information content (AvgIpc) is 3.18. The molecule has 196 valence electrons. The van der Waals surface area contributed by atoms with E-state index in [0.29, 0.717) is 61.7 Å². The van der Waals surface area contributed by atoms with E-state index in [-0.39, 0.29) is 23.9 Å². The molecule has 0 atom stereocenters. The number of nitrogens with one attached hydrogen (secondary N) is 1. The van der Waals surface area contributed by atoms with Gasteiger partial charge in [0.15, 0.2) is 12.3 Å². The fraction of sp³-hybridized carbons (Fsp3) is 0.280. The van der Waals surface area contributed by atoms with Gasteiger partial charge in [0, 0.05) is 30.8 Å². The van der Waals surface area contributed by atoms with Crippen molar-refractivity contribution in [1.29, 1.82) is 0 Å². The normalized spacial score (nSPS) is 14.9. The molecule has 1 aliphatic heterocycles. The molecular weight excluding hydrogens is 483 g/mol. The van der Waals surface area contributed by atoms with Crippen LogP contribution in [0.15, 0.2) is 48.7 Å². The minimum absolute atomic E-state index is 0.0684. The molecule has 2 aromatic rings. The number of hydrogen-bond acceptors (Lipinski definition) is 7. The van der Waals surface area contributed by atoms with Gasteiger partial charge >= 0.3 is 0 Å². The van der Waals surface area contributed by atoms with Crippen molar-refractivity contribution in [2.45, 2.75) is 6.42 Å². The lowest BCUT2D eigenvalue weighted by Gasteiger charge is -2.26. The molecule has 1 aromatic heterocycles. The van der Waals surface area contributed by atoms with E-state index in [4.69, 9.17) is 15.2 Å². The van der Waals surface area contributed by atoms with E-state index in [9.17, 15) is 18.8 Å². The molecule has 0 saturated carbocycles. The summed E-state index contributed by atoms with van der Waals surface area (Å²) in [6, 6.07) is 4.11. The van der Waals surface area contributed by atoms with Gasteiger partial charge in [-0.1, -0.05) is 18.2 Å². The maximum atomic E-state index is 14.1. The van der Waals surface area contributed by atoms with Crippen LogP contribution in [-0.2, 0) is 14.3 Å². The summed E-state index contributed by atoms with van der Waals surface area (Å²) in [6.07, 6.45) is 9.51. The lowest BCUT2D eigenvalue weighted by Crippen LogP contribution is -2.43. The van der Waals surface area contributed by atoms with Crippen LogP contribution in [-0.4, -0.2) is 72.9 Å². The van der Waals surface area contributed by atoms with Gasteiger partial charge in [-0.15, -0.1) is 0 Å². The smallest absolute Gasteiger partial charge is 0.271 e. The van der Waals surface area contributed by atoms with Crippen molar-refractivity contribution in [3.63, 3.8) is 0 Å². The highest BCUT2D eigenvalue weighted by Gasteiger charge is 2.19. The maximum Gasteiger partial charge on any atom is 0.271 e. The zero-order valence-electron chi connectivity index (χ0n) is 20.4. The molecule has 1 aliphatic carbocycles. The monoisotopic (exact) mass is 512 g/mol. The number of nitrogens with zero attached hydrogens (tertiary/aromatic N) is 3. The van der Waals surface area contributed by atoms with Crippen LogP contribution in [0.3, 0.4) is 0 Å². The van der Waals surface area contributed by atoms with Crippen molar-refractivity contribution < 1.29 is 28.2 Å². The summed E-state index contributed by atoms with van der Waals surface area (Å²) in [5.41, 5.74) is 11.8. The fourth-order valence-electron chi connectivity index (χ4n) is 3.74. The first-order chi connectivity index (χ1) is 18.0. The number of halogens is 1. The van der Waals surface area contributed by atoms with E-state index in [1.165, 1.54) is 36.1 Å². The van der Waals surface area contributed by atoms with Crippen LogP contribution in [0.2, 0.25) is 0 Å². The Morgan fingerprint density at radius 2 is 2.00 bits per heavy atom. The van der Waals surface area contributed by atoms with Gasteiger partial charge in [-0.3, -0.25) is 14.4 Å². The summed E-state index contributed by atoms with van der Waals surface area (Å²) < 4.78 is 26.6. The summed E-state index contributed by atoms with van der Waals surface area (Å²) in [4.78, 5) is 36.6. The zero-order chi connectivity index (χ0) is 26.8. The molecule has 0 radical (unpaired) electrons. The number of amides is 3. The van der Waals surface area contributed by atoms with Crippen LogP contribution >= 0.6 is 0 Å². The predicted octanol–water partition coefficient (Wildman–Crippen LogP) is 1.39. The Morgan fingerprint density at radius 1 is 1.24 bits per heavy atom. The number of ether oxygens (including phenoxy) is 2. The molecule has 4 rings (SSSR count). The minimum atomic E-state index is -0.776. The number of primary amides is 1. The molecule has 2 heterocycles. The van der Waals surface area contributed by atoms with E-state index in [0.717, 1.165) is 0 Å². The number of carbonyl (C=O) groups is 3. The van der Waals surface area contributed by atoms with Crippen molar-refractivity contribution in [3.8, 4) is 5.75 Å². The number of allylic oxidation sites excluding steroid dienone is 6. The molecule has 1 fully saturated rings. The molecular formula is C25H29FN6O5. The second kappa shape index (κ2) is 13.1. The molecule has 37 heavy (non-hydrogen) atoms. The Kier molecular flexibility index (Phi) is 9.69. The first-order valence-corrected chi connectivity index (χ1v) is 11.5. The highest BCUT2D eigenvalue weighted by molar-refractivity contribution is 5.98. The van der Waals surface area contributed by atoms with E-state index < -0.39 is 11.7 Å². The van der Waals surface area contributed by atoms with Gasteiger partial charge in [-0.2, -0.15) is 5.10 Å². The third-order valence-electron chi connectivity index (χ3n) is 5.50. The Hall–Kier alpha value is -4.29. The fourth-order valence-corrected chi connectivity index (χ4v) is 3.74. The van der Waals surface area contributed by atoms with Crippen molar-refractivity contribution in [2.75, 3.05) is 45.3 Å². The van der Waals surface area contributed by atoms with Gasteiger partial charge in [0.2, 0.25) is 6.41 Å². The zero-order valence-corrected chi connectivity index (χ0v) is 20.4. The summed E-state index contributed by atoms with van der Waals surface area (Å²) in [5, 5.41) is 6.58. The maximum absolute atomic E-state index is 14.1. The van der Waals surface area contributed by atoms with E-state index >= 15 is 0 Å². The van der Waals surface area contributed by atoms with Gasteiger partial charge in [-0.25, -0.2) is 9.07 Å².